The van der Waals surface area contributed by atoms with Gasteiger partial charge in [0.15, 0.2) is 0 Å². The quantitative estimate of drug-likeness (QED) is 0.768. The largest absolute Gasteiger partial charge is 0.346 e. The second-order valence-corrected chi connectivity index (χ2v) is 8.13. The summed E-state index contributed by atoms with van der Waals surface area (Å²) >= 11 is 1.79. The van der Waals surface area contributed by atoms with Gasteiger partial charge in [0.25, 0.3) is 0 Å². The molecule has 3 rings (SSSR count). The van der Waals surface area contributed by atoms with Crippen LogP contribution >= 0.6 is 11.3 Å². The fourth-order valence-electron chi connectivity index (χ4n) is 3.36. The zero-order valence-corrected chi connectivity index (χ0v) is 16.2. The smallest absolute Gasteiger partial charge is 0.312 e. The molecule has 0 saturated carbocycles. The Hall–Kier alpha value is -1.93. The summed E-state index contributed by atoms with van der Waals surface area (Å²) in [6.45, 7) is 7.58. The number of hydrogen-bond donors (Lipinski definition) is 1. The van der Waals surface area contributed by atoms with Crippen LogP contribution in [0.25, 0.3) is 0 Å². The summed E-state index contributed by atoms with van der Waals surface area (Å²) in [5, 5.41) is 4.73. The third kappa shape index (κ3) is 4.42. The van der Waals surface area contributed by atoms with Gasteiger partial charge in [0.2, 0.25) is 5.91 Å². The van der Waals surface area contributed by atoms with Gasteiger partial charge >= 0.3 is 11.8 Å². The van der Waals surface area contributed by atoms with E-state index in [-0.39, 0.29) is 11.9 Å². The molecule has 26 heavy (non-hydrogen) atoms. The van der Waals surface area contributed by atoms with E-state index in [9.17, 15) is 14.4 Å². The van der Waals surface area contributed by atoms with E-state index in [0.717, 1.165) is 19.5 Å². The highest BCUT2D eigenvalue weighted by atomic mass is 32.1. The molecule has 7 nitrogen and oxygen atoms in total. The lowest BCUT2D eigenvalue weighted by molar-refractivity contribution is -0.148. The van der Waals surface area contributed by atoms with Gasteiger partial charge in [-0.15, -0.1) is 11.3 Å². The molecule has 2 aliphatic heterocycles. The standard InChI is InChI=1S/C18H26N4O3S/c1-13(2)19-17(24)18(25)22-8-6-21(7-9-22)16(23)12-20-5-3-15-14(11-20)4-10-26-15/h4,10,13H,3,5-9,11-12H2,1-2H3,(H,19,24). The molecule has 0 bridgehead atoms. The van der Waals surface area contributed by atoms with Crippen LogP contribution in [0, 0.1) is 0 Å². The van der Waals surface area contributed by atoms with E-state index < -0.39 is 11.8 Å². The zero-order chi connectivity index (χ0) is 18.7. The Kier molecular flexibility index (Phi) is 5.93. The lowest BCUT2D eigenvalue weighted by Crippen LogP contribution is -2.55. The highest BCUT2D eigenvalue weighted by Crippen LogP contribution is 2.23. The summed E-state index contributed by atoms with van der Waals surface area (Å²) < 4.78 is 0. The van der Waals surface area contributed by atoms with Crippen LogP contribution in [0.4, 0.5) is 0 Å². The minimum atomic E-state index is -0.570. The molecule has 2 aliphatic rings. The molecule has 0 unspecified atom stereocenters. The predicted molar refractivity (Wildman–Crippen MR) is 99.7 cm³/mol. The van der Waals surface area contributed by atoms with Crippen molar-refractivity contribution in [3.8, 4) is 0 Å². The number of rotatable bonds is 3. The van der Waals surface area contributed by atoms with Crippen molar-refractivity contribution in [3.63, 3.8) is 0 Å². The molecule has 1 aromatic rings. The number of nitrogens with one attached hydrogen (secondary N) is 1. The molecule has 0 spiro atoms. The molecule has 1 saturated heterocycles. The fourth-order valence-corrected chi connectivity index (χ4v) is 4.25. The Morgan fingerprint density at radius 1 is 1.12 bits per heavy atom. The molecule has 1 N–H and O–H groups in total. The van der Waals surface area contributed by atoms with E-state index in [4.69, 9.17) is 0 Å². The minimum Gasteiger partial charge on any atom is -0.346 e. The third-order valence-corrected chi connectivity index (χ3v) is 5.80. The summed E-state index contributed by atoms with van der Waals surface area (Å²) in [6, 6.07) is 2.08. The summed E-state index contributed by atoms with van der Waals surface area (Å²) in [6.07, 6.45) is 1.01. The highest BCUT2D eigenvalue weighted by Gasteiger charge is 2.29. The van der Waals surface area contributed by atoms with Gasteiger partial charge in [-0.25, -0.2) is 0 Å². The van der Waals surface area contributed by atoms with E-state index in [1.165, 1.54) is 15.3 Å². The van der Waals surface area contributed by atoms with Gasteiger partial charge in [-0.3, -0.25) is 19.3 Å². The summed E-state index contributed by atoms with van der Waals surface area (Å²) in [5.74, 6) is -0.978. The van der Waals surface area contributed by atoms with Gasteiger partial charge in [0, 0.05) is 50.2 Å². The highest BCUT2D eigenvalue weighted by molar-refractivity contribution is 7.10. The molecular formula is C18H26N4O3S. The van der Waals surface area contributed by atoms with Gasteiger partial charge in [0.05, 0.1) is 6.54 Å². The van der Waals surface area contributed by atoms with Crippen molar-refractivity contribution >= 4 is 29.1 Å². The van der Waals surface area contributed by atoms with Crippen molar-refractivity contribution in [2.45, 2.75) is 32.9 Å². The molecule has 8 heteroatoms. The first-order valence-corrected chi connectivity index (χ1v) is 9.97. The summed E-state index contributed by atoms with van der Waals surface area (Å²) in [7, 11) is 0. The zero-order valence-electron chi connectivity index (χ0n) is 15.4. The third-order valence-electron chi connectivity index (χ3n) is 4.78. The van der Waals surface area contributed by atoms with Crippen molar-refractivity contribution in [1.82, 2.24) is 20.0 Å². The molecule has 0 aliphatic carbocycles. The monoisotopic (exact) mass is 378 g/mol. The second kappa shape index (κ2) is 8.18. The number of piperazine rings is 1. The Morgan fingerprint density at radius 2 is 1.81 bits per heavy atom. The minimum absolute atomic E-state index is 0.0670. The Bertz CT molecular complexity index is 680. The topological polar surface area (TPSA) is 73.0 Å². The number of thiophene rings is 1. The Morgan fingerprint density at radius 3 is 2.50 bits per heavy atom. The van der Waals surface area contributed by atoms with Crippen LogP contribution in [0.5, 0.6) is 0 Å². The van der Waals surface area contributed by atoms with Crippen LogP contribution in [-0.4, -0.2) is 77.7 Å². The predicted octanol–water partition coefficient (Wildman–Crippen LogP) is 0.302. The molecule has 1 aromatic heterocycles. The first-order chi connectivity index (χ1) is 12.4. The molecule has 3 heterocycles. The molecular weight excluding hydrogens is 352 g/mol. The number of amides is 3. The van der Waals surface area contributed by atoms with Gasteiger partial charge in [0.1, 0.15) is 0 Å². The lowest BCUT2D eigenvalue weighted by Gasteiger charge is -2.36. The Balaban J connectivity index is 1.45. The van der Waals surface area contributed by atoms with Crippen molar-refractivity contribution in [2.75, 3.05) is 39.3 Å². The van der Waals surface area contributed by atoms with E-state index in [1.807, 2.05) is 13.8 Å². The van der Waals surface area contributed by atoms with E-state index in [1.54, 1.807) is 16.2 Å². The molecule has 142 valence electrons. The first-order valence-electron chi connectivity index (χ1n) is 9.09. The van der Waals surface area contributed by atoms with Crippen LogP contribution in [0.15, 0.2) is 11.4 Å². The van der Waals surface area contributed by atoms with Gasteiger partial charge < -0.3 is 15.1 Å². The lowest BCUT2D eigenvalue weighted by atomic mass is 10.1. The van der Waals surface area contributed by atoms with E-state index >= 15 is 0 Å². The van der Waals surface area contributed by atoms with Gasteiger partial charge in [-0.2, -0.15) is 0 Å². The van der Waals surface area contributed by atoms with Crippen LogP contribution in [0.3, 0.4) is 0 Å². The van der Waals surface area contributed by atoms with E-state index in [0.29, 0.717) is 32.7 Å². The normalized spacial score (nSPS) is 18.0. The number of carbonyl (C=O) groups excluding carboxylic acids is 3. The summed E-state index contributed by atoms with van der Waals surface area (Å²) in [5.41, 5.74) is 1.33. The molecule has 0 aromatic carbocycles. The maximum atomic E-state index is 12.6. The average molecular weight is 378 g/mol. The number of fused-ring (bicyclic) bond motifs is 1. The van der Waals surface area contributed by atoms with Crippen LogP contribution in [-0.2, 0) is 27.3 Å². The Labute approximate surface area is 157 Å². The van der Waals surface area contributed by atoms with Gasteiger partial charge in [-0.1, -0.05) is 0 Å². The average Bonchev–Trinajstić information content (AvgIpc) is 3.08. The summed E-state index contributed by atoms with van der Waals surface area (Å²) in [4.78, 5) is 43.5. The number of carbonyl (C=O) groups is 3. The number of nitrogens with zero attached hydrogens (tertiary/aromatic N) is 3. The maximum Gasteiger partial charge on any atom is 0.312 e. The van der Waals surface area contributed by atoms with Crippen LogP contribution in [0.1, 0.15) is 24.3 Å². The molecule has 3 amide bonds. The molecule has 0 atom stereocenters. The van der Waals surface area contributed by atoms with E-state index in [2.05, 4.69) is 21.7 Å². The second-order valence-electron chi connectivity index (χ2n) is 7.13. The van der Waals surface area contributed by atoms with Crippen molar-refractivity contribution in [2.24, 2.45) is 0 Å². The number of hydrogen-bond acceptors (Lipinski definition) is 5. The first kappa shape index (κ1) is 18.8. The molecule has 0 radical (unpaired) electrons. The fraction of sp³-hybridized carbons (Fsp3) is 0.611. The van der Waals surface area contributed by atoms with Crippen molar-refractivity contribution in [3.05, 3.63) is 21.9 Å². The van der Waals surface area contributed by atoms with Crippen LogP contribution in [0.2, 0.25) is 0 Å². The van der Waals surface area contributed by atoms with Crippen molar-refractivity contribution < 1.29 is 14.4 Å². The van der Waals surface area contributed by atoms with Gasteiger partial charge in [-0.05, 0) is 37.3 Å². The molecule has 1 fully saturated rings. The maximum absolute atomic E-state index is 12.6. The van der Waals surface area contributed by atoms with Crippen LogP contribution < -0.4 is 5.32 Å². The SMILES string of the molecule is CC(C)NC(=O)C(=O)N1CCN(C(=O)CN2CCc3sccc3C2)CC1. The van der Waals surface area contributed by atoms with Crippen molar-refractivity contribution in [1.29, 1.82) is 0 Å².